The Morgan fingerprint density at radius 3 is 2.75 bits per heavy atom. The van der Waals surface area contributed by atoms with Crippen LogP contribution in [0.1, 0.15) is 36.0 Å². The van der Waals surface area contributed by atoms with E-state index < -0.39 is 0 Å². The largest absolute Gasteiger partial charge is 0.381 e. The SMILES string of the molecule is O=C(c1cnc2ccccn2c1=O)N1C[C@H]2CC[C@@H]1CN(C1CCOCC1)C2. The summed E-state index contributed by atoms with van der Waals surface area (Å²) in [6.45, 7) is 4.34. The van der Waals surface area contributed by atoms with Gasteiger partial charge in [0.05, 0.1) is 0 Å². The van der Waals surface area contributed by atoms with Crippen LogP contribution in [0, 0.1) is 5.92 Å². The van der Waals surface area contributed by atoms with Crippen molar-refractivity contribution in [2.24, 2.45) is 5.92 Å². The van der Waals surface area contributed by atoms with E-state index in [9.17, 15) is 9.59 Å². The van der Waals surface area contributed by atoms with Crippen LogP contribution in [-0.4, -0.2) is 70.0 Å². The van der Waals surface area contributed by atoms with Crippen LogP contribution in [0.4, 0.5) is 0 Å². The second kappa shape index (κ2) is 7.29. The van der Waals surface area contributed by atoms with Gasteiger partial charge in [0, 0.05) is 57.3 Å². The highest BCUT2D eigenvalue weighted by molar-refractivity contribution is 5.94. The van der Waals surface area contributed by atoms with E-state index in [0.29, 0.717) is 17.6 Å². The third-order valence-electron chi connectivity index (χ3n) is 6.55. The molecule has 2 atom stereocenters. The summed E-state index contributed by atoms with van der Waals surface area (Å²) in [6, 6.07) is 6.12. The van der Waals surface area contributed by atoms with Gasteiger partial charge in [-0.05, 0) is 43.7 Å². The maximum Gasteiger partial charge on any atom is 0.270 e. The van der Waals surface area contributed by atoms with E-state index in [1.807, 2.05) is 11.0 Å². The van der Waals surface area contributed by atoms with E-state index in [4.69, 9.17) is 4.74 Å². The number of hydrogen-bond acceptors (Lipinski definition) is 5. The normalized spacial score (nSPS) is 26.5. The molecule has 148 valence electrons. The van der Waals surface area contributed by atoms with Crippen LogP contribution < -0.4 is 5.56 Å². The average molecular weight is 382 g/mol. The van der Waals surface area contributed by atoms with Crippen molar-refractivity contribution in [1.29, 1.82) is 0 Å². The van der Waals surface area contributed by atoms with Gasteiger partial charge < -0.3 is 9.64 Å². The maximum atomic E-state index is 13.3. The van der Waals surface area contributed by atoms with Gasteiger partial charge in [0.2, 0.25) is 0 Å². The van der Waals surface area contributed by atoms with E-state index >= 15 is 0 Å². The van der Waals surface area contributed by atoms with Crippen LogP contribution in [0.3, 0.4) is 0 Å². The summed E-state index contributed by atoms with van der Waals surface area (Å²) >= 11 is 0. The molecule has 2 aromatic heterocycles. The summed E-state index contributed by atoms with van der Waals surface area (Å²) < 4.78 is 6.98. The van der Waals surface area contributed by atoms with Crippen molar-refractivity contribution in [2.45, 2.75) is 37.8 Å². The molecule has 0 spiro atoms. The number of ether oxygens (including phenoxy) is 1. The third-order valence-corrected chi connectivity index (χ3v) is 6.55. The minimum atomic E-state index is -0.281. The number of carbonyl (C=O) groups is 1. The van der Waals surface area contributed by atoms with Crippen LogP contribution in [0.25, 0.3) is 5.65 Å². The first kappa shape index (κ1) is 17.8. The minimum absolute atomic E-state index is 0.167. The quantitative estimate of drug-likeness (QED) is 0.786. The molecular weight excluding hydrogens is 356 g/mol. The Balaban J connectivity index is 1.41. The Kier molecular flexibility index (Phi) is 4.64. The molecule has 28 heavy (non-hydrogen) atoms. The topological polar surface area (TPSA) is 67.2 Å². The third kappa shape index (κ3) is 3.12. The molecule has 4 aliphatic rings. The van der Waals surface area contributed by atoms with Crippen molar-refractivity contribution in [3.8, 4) is 0 Å². The van der Waals surface area contributed by atoms with E-state index in [2.05, 4.69) is 9.88 Å². The van der Waals surface area contributed by atoms with E-state index in [1.54, 1.807) is 18.3 Å². The van der Waals surface area contributed by atoms with Crippen LogP contribution in [-0.2, 0) is 4.74 Å². The summed E-state index contributed by atoms with van der Waals surface area (Å²) in [5.41, 5.74) is 0.456. The van der Waals surface area contributed by atoms with Crippen molar-refractivity contribution in [3.63, 3.8) is 0 Å². The van der Waals surface area contributed by atoms with Gasteiger partial charge >= 0.3 is 0 Å². The van der Waals surface area contributed by atoms with Crippen molar-refractivity contribution in [1.82, 2.24) is 19.2 Å². The van der Waals surface area contributed by atoms with Gasteiger partial charge in [-0.3, -0.25) is 18.9 Å². The lowest BCUT2D eigenvalue weighted by atomic mass is 9.94. The molecule has 7 heteroatoms. The summed E-state index contributed by atoms with van der Waals surface area (Å²) in [5, 5.41) is 0. The number of hydrogen-bond donors (Lipinski definition) is 0. The summed E-state index contributed by atoms with van der Waals surface area (Å²) in [6.07, 6.45) is 7.44. The molecule has 6 heterocycles. The zero-order valence-electron chi connectivity index (χ0n) is 16.0. The molecule has 0 unspecified atom stereocenters. The van der Waals surface area contributed by atoms with Gasteiger partial charge in [0.1, 0.15) is 11.2 Å². The molecule has 0 aromatic carbocycles. The fourth-order valence-corrected chi connectivity index (χ4v) is 5.04. The smallest absolute Gasteiger partial charge is 0.270 e. The highest BCUT2D eigenvalue weighted by Gasteiger charge is 2.40. The number of fused-ring (bicyclic) bond motifs is 5. The lowest BCUT2D eigenvalue weighted by molar-refractivity contribution is 0.0304. The zero-order valence-corrected chi connectivity index (χ0v) is 16.0. The maximum absolute atomic E-state index is 13.3. The predicted octanol–water partition coefficient (Wildman–Crippen LogP) is 1.41. The predicted molar refractivity (Wildman–Crippen MR) is 104 cm³/mol. The first-order valence-electron chi connectivity index (χ1n) is 10.3. The number of pyridine rings is 1. The summed E-state index contributed by atoms with van der Waals surface area (Å²) in [4.78, 5) is 35.0. The first-order valence-corrected chi connectivity index (χ1v) is 10.3. The van der Waals surface area contributed by atoms with Gasteiger partial charge in [-0.15, -0.1) is 0 Å². The van der Waals surface area contributed by atoms with Crippen molar-refractivity contribution >= 4 is 11.6 Å². The number of carbonyl (C=O) groups excluding carboxylic acids is 1. The van der Waals surface area contributed by atoms with E-state index in [1.165, 1.54) is 10.6 Å². The molecule has 7 nitrogen and oxygen atoms in total. The highest BCUT2D eigenvalue weighted by Crippen LogP contribution is 2.31. The Morgan fingerprint density at radius 2 is 1.89 bits per heavy atom. The fraction of sp³-hybridized carbons (Fsp3) is 0.571. The Hall–Kier alpha value is -2.25. The lowest BCUT2D eigenvalue weighted by Crippen LogP contribution is -2.49. The zero-order chi connectivity index (χ0) is 19.1. The Bertz CT molecular complexity index is 937. The number of aromatic nitrogens is 2. The molecule has 1 amide bonds. The van der Waals surface area contributed by atoms with Crippen LogP contribution in [0.15, 0.2) is 35.4 Å². The van der Waals surface area contributed by atoms with E-state index in [0.717, 1.165) is 58.5 Å². The molecule has 4 aliphatic heterocycles. The average Bonchev–Trinajstić information content (AvgIpc) is 3.07. The summed E-state index contributed by atoms with van der Waals surface area (Å²) in [5.74, 6) is 0.306. The van der Waals surface area contributed by atoms with Crippen molar-refractivity contribution < 1.29 is 9.53 Å². The van der Waals surface area contributed by atoms with Crippen molar-refractivity contribution in [3.05, 3.63) is 46.5 Å². The molecule has 0 radical (unpaired) electrons. The first-order chi connectivity index (χ1) is 13.7. The number of rotatable bonds is 2. The van der Waals surface area contributed by atoms with Gasteiger partial charge in [-0.2, -0.15) is 0 Å². The number of piperidine rings is 1. The van der Waals surface area contributed by atoms with Gasteiger partial charge in [-0.25, -0.2) is 4.98 Å². The standard InChI is InChI=1S/C21H26N4O3/c26-20-18(11-22-19-3-1-2-8-24(19)20)21(27)25-13-15-4-5-17(25)14-23(12-15)16-6-9-28-10-7-16/h1-3,8,11,15-17H,4-7,9-10,12-14H2/t15-,17+/m0/s1. The second-order valence-electron chi connectivity index (χ2n) is 8.26. The molecule has 4 fully saturated rings. The van der Waals surface area contributed by atoms with Gasteiger partial charge in [0.25, 0.3) is 11.5 Å². The Morgan fingerprint density at radius 1 is 1.04 bits per heavy atom. The van der Waals surface area contributed by atoms with Gasteiger partial charge in [-0.1, -0.05) is 6.07 Å². The highest BCUT2D eigenvalue weighted by atomic mass is 16.5. The number of amides is 1. The van der Waals surface area contributed by atoms with Crippen LogP contribution >= 0.6 is 0 Å². The molecule has 4 saturated heterocycles. The molecule has 2 bridgehead atoms. The minimum Gasteiger partial charge on any atom is -0.381 e. The fourth-order valence-electron chi connectivity index (χ4n) is 5.04. The monoisotopic (exact) mass is 382 g/mol. The molecule has 0 saturated carbocycles. The molecule has 6 rings (SSSR count). The van der Waals surface area contributed by atoms with Gasteiger partial charge in [0.15, 0.2) is 0 Å². The van der Waals surface area contributed by atoms with Crippen LogP contribution in [0.2, 0.25) is 0 Å². The van der Waals surface area contributed by atoms with Crippen molar-refractivity contribution in [2.75, 3.05) is 32.8 Å². The Labute approximate surface area is 163 Å². The molecule has 0 N–H and O–H groups in total. The summed E-state index contributed by atoms with van der Waals surface area (Å²) in [7, 11) is 0. The molecule has 2 aromatic rings. The van der Waals surface area contributed by atoms with Crippen LogP contribution in [0.5, 0.6) is 0 Å². The number of nitrogens with zero attached hydrogens (tertiary/aromatic N) is 4. The van der Waals surface area contributed by atoms with E-state index in [-0.39, 0.29) is 23.1 Å². The lowest BCUT2D eigenvalue weighted by Gasteiger charge is -2.37. The molecule has 0 aliphatic carbocycles. The molecular formula is C21H26N4O3. The second-order valence-corrected chi connectivity index (χ2v) is 8.26.